The fourth-order valence-corrected chi connectivity index (χ4v) is 5.16. The molecular weight excluding hydrogens is 414 g/mol. The topological polar surface area (TPSA) is 98.9 Å². The first-order valence-electron chi connectivity index (χ1n) is 11.6. The molecule has 1 N–H and O–H groups in total. The van der Waals surface area contributed by atoms with Gasteiger partial charge in [0.05, 0.1) is 25.7 Å². The molecule has 182 valence electrons. The average Bonchev–Trinajstić information content (AvgIpc) is 3.67. The van der Waals surface area contributed by atoms with Gasteiger partial charge in [-0.1, -0.05) is 31.9 Å². The molecule has 0 aromatic rings. The largest absolute Gasteiger partial charge is 0.467 e. The van der Waals surface area contributed by atoms with Crippen LogP contribution in [0.4, 0.5) is 4.79 Å². The number of carbonyl (C=O) groups excluding carboxylic acids is 2. The quantitative estimate of drug-likeness (QED) is 0.325. The SMILES string of the molecule is CCC(C)C(NC(=O)O[C@@H]1CC[C@]2(CO2)[C@@H]([C@@]2(C)O[C@@H]2CC=C(C)C)[C@@H]1OC)C(=O)OC. The first-order valence-corrected chi connectivity index (χ1v) is 11.6. The second kappa shape index (κ2) is 9.69. The molecule has 0 aromatic carbocycles. The fourth-order valence-electron chi connectivity index (χ4n) is 5.16. The Labute approximate surface area is 191 Å². The van der Waals surface area contributed by atoms with E-state index in [1.807, 2.05) is 13.8 Å². The van der Waals surface area contributed by atoms with Crippen LogP contribution in [0.3, 0.4) is 0 Å². The molecule has 2 aliphatic heterocycles. The normalized spacial score (nSPS) is 37.2. The van der Waals surface area contributed by atoms with Gasteiger partial charge in [-0.3, -0.25) is 0 Å². The van der Waals surface area contributed by atoms with Gasteiger partial charge in [0.15, 0.2) is 0 Å². The second-order valence-corrected chi connectivity index (χ2v) is 9.85. The number of carbonyl (C=O) groups is 2. The smallest absolute Gasteiger partial charge is 0.408 e. The highest BCUT2D eigenvalue weighted by Crippen LogP contribution is 2.59. The van der Waals surface area contributed by atoms with E-state index in [9.17, 15) is 9.59 Å². The van der Waals surface area contributed by atoms with Crippen molar-refractivity contribution in [1.29, 1.82) is 0 Å². The zero-order chi connectivity index (χ0) is 23.7. The summed E-state index contributed by atoms with van der Waals surface area (Å²) in [6.07, 6.45) is 3.77. The minimum atomic E-state index is -0.756. The van der Waals surface area contributed by atoms with Crippen molar-refractivity contribution in [2.24, 2.45) is 11.8 Å². The number of allylic oxidation sites excluding steroid dienone is 1. The van der Waals surface area contributed by atoms with Gasteiger partial charge in [-0.05, 0) is 46.0 Å². The molecule has 0 radical (unpaired) electrons. The molecule has 3 rings (SSSR count). The number of esters is 1. The number of hydrogen-bond donors (Lipinski definition) is 1. The number of hydrogen-bond acceptors (Lipinski definition) is 7. The van der Waals surface area contributed by atoms with Crippen molar-refractivity contribution >= 4 is 12.1 Å². The summed E-state index contributed by atoms with van der Waals surface area (Å²) >= 11 is 0. The maximum absolute atomic E-state index is 12.7. The third-order valence-electron chi connectivity index (χ3n) is 7.44. The standard InChI is InChI=1S/C24H39NO7/c1-8-15(4)18(21(26)29-7)25-22(27)31-16-11-12-24(13-30-24)20(19(16)28-6)23(5)17(32-23)10-9-14(2)3/h9,15-20H,8,10-13H2,1-7H3,(H,25,27)/t15?,16-,17-,18?,19-,20-,23+,24+/m1/s1. The molecule has 3 aliphatic rings. The molecular formula is C24H39NO7. The first-order chi connectivity index (χ1) is 15.1. The molecule has 2 unspecified atom stereocenters. The lowest BCUT2D eigenvalue weighted by atomic mass is 9.68. The maximum Gasteiger partial charge on any atom is 0.408 e. The van der Waals surface area contributed by atoms with E-state index in [0.29, 0.717) is 13.0 Å². The molecule has 8 heteroatoms. The fraction of sp³-hybridized carbons (Fsp3) is 0.833. The third kappa shape index (κ3) is 4.97. The van der Waals surface area contributed by atoms with Crippen LogP contribution in [0.25, 0.3) is 0 Å². The number of amides is 1. The van der Waals surface area contributed by atoms with E-state index in [2.05, 4.69) is 32.2 Å². The zero-order valence-corrected chi connectivity index (χ0v) is 20.4. The van der Waals surface area contributed by atoms with Gasteiger partial charge in [-0.25, -0.2) is 9.59 Å². The zero-order valence-electron chi connectivity index (χ0n) is 20.4. The molecule has 1 spiro atoms. The Balaban J connectivity index is 1.71. The monoisotopic (exact) mass is 453 g/mol. The van der Waals surface area contributed by atoms with Crippen LogP contribution in [0, 0.1) is 11.8 Å². The summed E-state index contributed by atoms with van der Waals surface area (Å²) in [5, 5.41) is 2.70. The van der Waals surface area contributed by atoms with Gasteiger partial charge in [0.1, 0.15) is 29.5 Å². The maximum atomic E-state index is 12.7. The highest BCUT2D eigenvalue weighted by Gasteiger charge is 2.72. The summed E-state index contributed by atoms with van der Waals surface area (Å²) < 4.78 is 28.7. The average molecular weight is 454 g/mol. The Morgan fingerprint density at radius 3 is 2.50 bits per heavy atom. The molecule has 1 aliphatic carbocycles. The molecule has 2 heterocycles. The Hall–Kier alpha value is -1.64. The van der Waals surface area contributed by atoms with E-state index in [-0.39, 0.29) is 29.6 Å². The van der Waals surface area contributed by atoms with Gasteiger partial charge in [-0.15, -0.1) is 0 Å². The second-order valence-electron chi connectivity index (χ2n) is 9.85. The molecule has 32 heavy (non-hydrogen) atoms. The lowest BCUT2D eigenvalue weighted by Gasteiger charge is -2.42. The third-order valence-corrected chi connectivity index (χ3v) is 7.44. The minimum absolute atomic E-state index is 0.0481. The summed E-state index contributed by atoms with van der Waals surface area (Å²) in [5.41, 5.74) is 0.579. The number of epoxide rings is 2. The summed E-state index contributed by atoms with van der Waals surface area (Å²) in [6, 6.07) is -0.756. The van der Waals surface area contributed by atoms with Crippen molar-refractivity contribution in [3.8, 4) is 0 Å². The first kappa shape index (κ1) is 25.0. The van der Waals surface area contributed by atoms with Crippen LogP contribution >= 0.6 is 0 Å². The van der Waals surface area contributed by atoms with Crippen molar-refractivity contribution in [3.05, 3.63) is 11.6 Å². The van der Waals surface area contributed by atoms with Gasteiger partial charge in [0, 0.05) is 7.11 Å². The van der Waals surface area contributed by atoms with Crippen LogP contribution < -0.4 is 5.32 Å². The molecule has 0 bridgehead atoms. The predicted octanol–water partition coefficient (Wildman–Crippen LogP) is 3.38. The molecule has 8 atom stereocenters. The van der Waals surface area contributed by atoms with Crippen molar-refractivity contribution < 1.29 is 33.3 Å². The van der Waals surface area contributed by atoms with E-state index < -0.39 is 29.8 Å². The van der Waals surface area contributed by atoms with Crippen molar-refractivity contribution in [1.82, 2.24) is 5.32 Å². The van der Waals surface area contributed by atoms with Crippen LogP contribution in [-0.2, 0) is 28.5 Å². The van der Waals surface area contributed by atoms with Crippen LogP contribution in [-0.4, -0.2) is 68.4 Å². The Morgan fingerprint density at radius 2 is 1.97 bits per heavy atom. The predicted molar refractivity (Wildman–Crippen MR) is 118 cm³/mol. The molecule has 0 aromatic heterocycles. The summed E-state index contributed by atoms with van der Waals surface area (Å²) in [6.45, 7) is 10.8. The number of methoxy groups -OCH3 is 2. The summed E-state index contributed by atoms with van der Waals surface area (Å²) in [4.78, 5) is 24.9. The Bertz CT molecular complexity index is 730. The van der Waals surface area contributed by atoms with Crippen molar-refractivity contribution in [2.75, 3.05) is 20.8 Å². The molecule has 1 amide bonds. The van der Waals surface area contributed by atoms with Crippen LogP contribution in [0.15, 0.2) is 11.6 Å². The van der Waals surface area contributed by atoms with Crippen molar-refractivity contribution in [2.45, 2.75) is 95.9 Å². The number of rotatable bonds is 9. The number of ether oxygens (including phenoxy) is 5. The van der Waals surface area contributed by atoms with Gasteiger partial charge in [0.25, 0.3) is 0 Å². The summed E-state index contributed by atoms with van der Waals surface area (Å²) in [5.74, 6) is -0.606. The van der Waals surface area contributed by atoms with Gasteiger partial charge >= 0.3 is 12.1 Å². The van der Waals surface area contributed by atoms with Crippen molar-refractivity contribution in [3.63, 3.8) is 0 Å². The Morgan fingerprint density at radius 1 is 1.28 bits per heavy atom. The molecule has 1 saturated carbocycles. The highest BCUT2D eigenvalue weighted by molar-refractivity contribution is 5.81. The van der Waals surface area contributed by atoms with Gasteiger partial charge < -0.3 is 29.0 Å². The van der Waals surface area contributed by atoms with Gasteiger partial charge in [0.2, 0.25) is 0 Å². The Kier molecular flexibility index (Phi) is 7.57. The van der Waals surface area contributed by atoms with E-state index in [1.165, 1.54) is 12.7 Å². The molecule has 8 nitrogen and oxygen atoms in total. The van der Waals surface area contributed by atoms with Crippen LogP contribution in [0.2, 0.25) is 0 Å². The lowest BCUT2D eigenvalue weighted by molar-refractivity contribution is -0.144. The highest BCUT2D eigenvalue weighted by atomic mass is 16.6. The summed E-state index contributed by atoms with van der Waals surface area (Å²) in [7, 11) is 2.95. The molecule has 3 fully saturated rings. The van der Waals surface area contributed by atoms with Crippen LogP contribution in [0.5, 0.6) is 0 Å². The van der Waals surface area contributed by atoms with E-state index >= 15 is 0 Å². The van der Waals surface area contributed by atoms with Crippen LogP contribution in [0.1, 0.15) is 60.3 Å². The van der Waals surface area contributed by atoms with E-state index in [1.54, 1.807) is 7.11 Å². The number of nitrogens with one attached hydrogen (secondary N) is 1. The van der Waals surface area contributed by atoms with E-state index in [0.717, 1.165) is 19.3 Å². The molecule has 2 saturated heterocycles. The minimum Gasteiger partial charge on any atom is -0.467 e. The number of alkyl carbamates (subject to hydrolysis) is 1. The van der Waals surface area contributed by atoms with Gasteiger partial charge in [-0.2, -0.15) is 0 Å². The lowest BCUT2D eigenvalue weighted by Crippen LogP contribution is -2.56. The van der Waals surface area contributed by atoms with E-state index in [4.69, 9.17) is 23.7 Å².